The van der Waals surface area contributed by atoms with Crippen molar-refractivity contribution in [3.05, 3.63) is 29.1 Å². The molecule has 2 aromatic rings. The molecule has 1 aromatic carbocycles. The van der Waals surface area contributed by atoms with Crippen LogP contribution in [0.5, 0.6) is 0 Å². The van der Waals surface area contributed by atoms with Crippen LogP contribution in [0.2, 0.25) is 5.02 Å². The van der Waals surface area contributed by atoms with E-state index in [-0.39, 0.29) is 16.1 Å². The molecule has 74 valence electrons. The highest BCUT2D eigenvalue weighted by molar-refractivity contribution is 6.32. The molecule has 0 fully saturated rings. The van der Waals surface area contributed by atoms with Gasteiger partial charge < -0.3 is 4.42 Å². The Morgan fingerprint density at radius 1 is 1.29 bits per heavy atom. The molecule has 14 heavy (non-hydrogen) atoms. The molecule has 0 unspecified atom stereocenters. The Balaban J connectivity index is 2.71. The van der Waals surface area contributed by atoms with E-state index < -0.39 is 11.7 Å². The van der Waals surface area contributed by atoms with Crippen molar-refractivity contribution in [2.24, 2.45) is 0 Å². The minimum atomic E-state index is -4.47. The third-order valence-corrected chi connectivity index (χ3v) is 2.04. The van der Waals surface area contributed by atoms with Gasteiger partial charge in [-0.1, -0.05) is 11.6 Å². The number of benzene rings is 1. The molecule has 6 heteroatoms. The molecule has 0 radical (unpaired) electrons. The van der Waals surface area contributed by atoms with Crippen molar-refractivity contribution in [2.45, 2.75) is 6.18 Å². The lowest BCUT2D eigenvalue weighted by Gasteiger charge is -2.07. The van der Waals surface area contributed by atoms with Crippen LogP contribution in [0.3, 0.4) is 0 Å². The SMILES string of the molecule is FC(F)(F)c1cc2ncoc2cc1Cl. The summed E-state index contributed by atoms with van der Waals surface area (Å²) in [5.74, 6) is 0. The summed E-state index contributed by atoms with van der Waals surface area (Å²) in [6, 6.07) is 1.97. The summed E-state index contributed by atoms with van der Waals surface area (Å²) in [6.45, 7) is 0. The second-order valence-electron chi connectivity index (χ2n) is 2.65. The van der Waals surface area contributed by atoms with Gasteiger partial charge in [0.05, 0.1) is 10.6 Å². The number of fused-ring (bicyclic) bond motifs is 1. The van der Waals surface area contributed by atoms with Crippen LogP contribution in [-0.4, -0.2) is 4.98 Å². The molecule has 0 bridgehead atoms. The number of aromatic nitrogens is 1. The van der Waals surface area contributed by atoms with Gasteiger partial charge in [0.1, 0.15) is 5.52 Å². The van der Waals surface area contributed by atoms with E-state index >= 15 is 0 Å². The van der Waals surface area contributed by atoms with Gasteiger partial charge in [-0.2, -0.15) is 13.2 Å². The predicted octanol–water partition coefficient (Wildman–Crippen LogP) is 3.50. The van der Waals surface area contributed by atoms with E-state index in [1.54, 1.807) is 0 Å². The van der Waals surface area contributed by atoms with Crippen molar-refractivity contribution in [2.75, 3.05) is 0 Å². The summed E-state index contributed by atoms with van der Waals surface area (Å²) in [7, 11) is 0. The van der Waals surface area contributed by atoms with Crippen LogP contribution in [-0.2, 0) is 6.18 Å². The minimum absolute atomic E-state index is 0.140. The van der Waals surface area contributed by atoms with Crippen molar-refractivity contribution in [3.8, 4) is 0 Å². The standard InChI is InChI=1S/C8H3ClF3NO/c9-5-2-7-6(13-3-14-7)1-4(5)8(10,11)12/h1-3H. The topological polar surface area (TPSA) is 26.0 Å². The lowest BCUT2D eigenvalue weighted by atomic mass is 10.2. The maximum atomic E-state index is 12.3. The third kappa shape index (κ3) is 1.43. The van der Waals surface area contributed by atoms with E-state index in [1.807, 2.05) is 0 Å². The number of hydrogen-bond donors (Lipinski definition) is 0. The van der Waals surface area contributed by atoms with Gasteiger partial charge in [-0.25, -0.2) is 4.98 Å². The summed E-state index contributed by atoms with van der Waals surface area (Å²) in [5, 5.41) is -0.387. The molecule has 0 N–H and O–H groups in total. The van der Waals surface area contributed by atoms with Gasteiger partial charge in [0.15, 0.2) is 12.0 Å². The fourth-order valence-electron chi connectivity index (χ4n) is 1.10. The van der Waals surface area contributed by atoms with Crippen molar-refractivity contribution >= 4 is 22.7 Å². The van der Waals surface area contributed by atoms with Gasteiger partial charge in [0.25, 0.3) is 0 Å². The van der Waals surface area contributed by atoms with E-state index in [9.17, 15) is 13.2 Å². The van der Waals surface area contributed by atoms with E-state index in [0.29, 0.717) is 0 Å². The Labute approximate surface area is 81.3 Å². The molecule has 0 atom stereocenters. The fraction of sp³-hybridized carbons (Fsp3) is 0.125. The Kier molecular flexibility index (Phi) is 1.92. The first-order valence-electron chi connectivity index (χ1n) is 3.58. The van der Waals surface area contributed by atoms with Crippen LogP contribution in [0.15, 0.2) is 22.9 Å². The molecule has 0 aliphatic carbocycles. The van der Waals surface area contributed by atoms with Crippen molar-refractivity contribution < 1.29 is 17.6 Å². The number of nitrogens with zero attached hydrogens (tertiary/aromatic N) is 1. The Morgan fingerprint density at radius 3 is 2.64 bits per heavy atom. The normalized spacial score (nSPS) is 12.3. The van der Waals surface area contributed by atoms with Crippen LogP contribution in [0.25, 0.3) is 11.1 Å². The van der Waals surface area contributed by atoms with Gasteiger partial charge >= 0.3 is 6.18 Å². The summed E-state index contributed by atoms with van der Waals surface area (Å²) >= 11 is 5.44. The molecule has 2 rings (SSSR count). The molecule has 0 amide bonds. The summed E-state index contributed by atoms with van der Waals surface area (Å²) in [4.78, 5) is 3.61. The van der Waals surface area contributed by atoms with Crippen LogP contribution in [0, 0.1) is 0 Å². The van der Waals surface area contributed by atoms with Crippen LogP contribution in [0.1, 0.15) is 5.56 Å². The van der Waals surface area contributed by atoms with E-state index in [0.717, 1.165) is 18.5 Å². The van der Waals surface area contributed by atoms with Gasteiger partial charge in [-0.15, -0.1) is 0 Å². The summed E-state index contributed by atoms with van der Waals surface area (Å²) < 4.78 is 41.8. The molecular weight excluding hydrogens is 219 g/mol. The molecule has 2 nitrogen and oxygen atoms in total. The molecule has 0 saturated carbocycles. The van der Waals surface area contributed by atoms with E-state index in [1.165, 1.54) is 0 Å². The van der Waals surface area contributed by atoms with Crippen molar-refractivity contribution in [1.82, 2.24) is 4.98 Å². The summed E-state index contributed by atoms with van der Waals surface area (Å²) in [5.41, 5.74) is -0.523. The largest absolute Gasteiger partial charge is 0.443 e. The van der Waals surface area contributed by atoms with E-state index in [2.05, 4.69) is 4.98 Å². The first kappa shape index (κ1) is 9.33. The third-order valence-electron chi connectivity index (χ3n) is 1.73. The van der Waals surface area contributed by atoms with Crippen LogP contribution >= 0.6 is 11.6 Å². The lowest BCUT2D eigenvalue weighted by Crippen LogP contribution is -2.05. The van der Waals surface area contributed by atoms with E-state index in [4.69, 9.17) is 16.0 Å². The second-order valence-corrected chi connectivity index (χ2v) is 3.06. The molecule has 0 aliphatic heterocycles. The number of hydrogen-bond acceptors (Lipinski definition) is 2. The average Bonchev–Trinajstić information content (AvgIpc) is 2.47. The van der Waals surface area contributed by atoms with Crippen LogP contribution < -0.4 is 0 Å². The number of oxazole rings is 1. The molecule has 0 aliphatic rings. The van der Waals surface area contributed by atoms with Gasteiger partial charge in [0, 0.05) is 6.07 Å². The smallest absolute Gasteiger partial charge is 0.417 e. The Morgan fingerprint density at radius 2 is 2.00 bits per heavy atom. The van der Waals surface area contributed by atoms with Gasteiger partial charge in [-0.05, 0) is 6.07 Å². The fourth-order valence-corrected chi connectivity index (χ4v) is 1.36. The quantitative estimate of drug-likeness (QED) is 0.681. The average molecular weight is 222 g/mol. The van der Waals surface area contributed by atoms with Crippen molar-refractivity contribution in [1.29, 1.82) is 0 Å². The van der Waals surface area contributed by atoms with Gasteiger partial charge in [0.2, 0.25) is 0 Å². The number of alkyl halides is 3. The highest BCUT2D eigenvalue weighted by Crippen LogP contribution is 2.36. The predicted molar refractivity (Wildman–Crippen MR) is 44.0 cm³/mol. The molecule has 1 aromatic heterocycles. The zero-order valence-electron chi connectivity index (χ0n) is 6.60. The second kappa shape index (κ2) is 2.88. The monoisotopic (exact) mass is 221 g/mol. The molecule has 0 saturated heterocycles. The number of rotatable bonds is 0. The van der Waals surface area contributed by atoms with Crippen LogP contribution in [0.4, 0.5) is 13.2 Å². The maximum absolute atomic E-state index is 12.3. The molecular formula is C8H3ClF3NO. The lowest BCUT2D eigenvalue weighted by molar-refractivity contribution is -0.137. The number of halogens is 4. The van der Waals surface area contributed by atoms with Gasteiger partial charge in [-0.3, -0.25) is 0 Å². The Hall–Kier alpha value is -1.23. The highest BCUT2D eigenvalue weighted by atomic mass is 35.5. The summed E-state index contributed by atoms with van der Waals surface area (Å²) in [6.07, 6.45) is -3.40. The highest BCUT2D eigenvalue weighted by Gasteiger charge is 2.33. The molecule has 0 spiro atoms. The Bertz CT molecular complexity index is 477. The first-order valence-corrected chi connectivity index (χ1v) is 3.96. The zero-order valence-corrected chi connectivity index (χ0v) is 7.36. The first-order chi connectivity index (χ1) is 6.48. The zero-order chi connectivity index (χ0) is 10.3. The maximum Gasteiger partial charge on any atom is 0.417 e. The minimum Gasteiger partial charge on any atom is -0.443 e. The van der Waals surface area contributed by atoms with Crippen molar-refractivity contribution in [3.63, 3.8) is 0 Å². The molecule has 1 heterocycles.